The minimum absolute atomic E-state index is 0.284. The van der Waals surface area contributed by atoms with Crippen LogP contribution in [0.4, 0.5) is 17.1 Å². The van der Waals surface area contributed by atoms with Crippen LogP contribution in [0.3, 0.4) is 0 Å². The summed E-state index contributed by atoms with van der Waals surface area (Å²) in [5.41, 5.74) is 20.8. The predicted molar refractivity (Wildman–Crippen MR) is 161 cm³/mol. The summed E-state index contributed by atoms with van der Waals surface area (Å²) in [7, 11) is 0. The van der Waals surface area contributed by atoms with Gasteiger partial charge in [-0.25, -0.2) is 0 Å². The van der Waals surface area contributed by atoms with Crippen molar-refractivity contribution in [3.8, 4) is 11.1 Å². The predicted octanol–water partition coefficient (Wildman–Crippen LogP) is 6.67. The molecule has 178 valence electrons. The van der Waals surface area contributed by atoms with Gasteiger partial charge < -0.3 is 4.90 Å². The lowest BCUT2D eigenvalue weighted by atomic mass is 9.37. The second kappa shape index (κ2) is 7.17. The van der Waals surface area contributed by atoms with Gasteiger partial charge in [0.2, 0.25) is 6.71 Å². The van der Waals surface area contributed by atoms with Gasteiger partial charge in [-0.3, -0.25) is 0 Å². The van der Waals surface area contributed by atoms with Crippen molar-refractivity contribution in [2.24, 2.45) is 0 Å². The van der Waals surface area contributed by atoms with Gasteiger partial charge in [-0.2, -0.15) is 0 Å². The molecule has 2 heterocycles. The summed E-state index contributed by atoms with van der Waals surface area (Å²) in [5.74, 6) is 0.386. The van der Waals surface area contributed by atoms with E-state index in [0.29, 0.717) is 5.92 Å². The Labute approximate surface area is 224 Å². The fourth-order valence-electron chi connectivity index (χ4n) is 7.67. The van der Waals surface area contributed by atoms with Gasteiger partial charge in [0.25, 0.3) is 0 Å². The molecule has 2 aliphatic heterocycles. The van der Waals surface area contributed by atoms with Crippen molar-refractivity contribution >= 4 is 46.2 Å². The molecule has 0 aromatic heterocycles. The summed E-state index contributed by atoms with van der Waals surface area (Å²) >= 11 is 0. The number of benzene rings is 4. The zero-order chi connectivity index (χ0) is 25.1. The fraction of sp³-hybridized carbons (Fsp3) is 0.111. The molecule has 4 aromatic carbocycles. The lowest BCUT2D eigenvalue weighted by Crippen LogP contribution is -2.54. The van der Waals surface area contributed by atoms with E-state index in [1.54, 1.807) is 0 Å². The van der Waals surface area contributed by atoms with Crippen LogP contribution in [-0.4, -0.2) is 6.71 Å². The van der Waals surface area contributed by atoms with Crippen molar-refractivity contribution in [2.45, 2.75) is 26.2 Å². The minimum atomic E-state index is 0.284. The molecular formula is C36H26BN. The molecule has 9 rings (SSSR count). The number of allylic oxidation sites excluding steroid dienone is 7. The van der Waals surface area contributed by atoms with Crippen molar-refractivity contribution < 1.29 is 0 Å². The molecule has 0 radical (unpaired) electrons. The molecule has 0 amide bonds. The first-order chi connectivity index (χ1) is 18.7. The fourth-order valence-corrected chi connectivity index (χ4v) is 7.67. The van der Waals surface area contributed by atoms with E-state index in [0.717, 1.165) is 6.42 Å². The summed E-state index contributed by atoms with van der Waals surface area (Å²) in [4.78, 5) is 2.55. The number of aryl methyl sites for hydroxylation is 2. The van der Waals surface area contributed by atoms with Gasteiger partial charge in [0.1, 0.15) is 0 Å². The van der Waals surface area contributed by atoms with Crippen LogP contribution in [0.1, 0.15) is 33.7 Å². The molecule has 4 aromatic rings. The minimum Gasteiger partial charge on any atom is -0.311 e. The molecule has 3 aliphatic carbocycles. The molecule has 1 atom stereocenters. The molecule has 0 bridgehead atoms. The second-order valence-electron chi connectivity index (χ2n) is 11.5. The number of hydrogen-bond acceptors (Lipinski definition) is 1. The van der Waals surface area contributed by atoms with Crippen molar-refractivity contribution in [3.63, 3.8) is 0 Å². The van der Waals surface area contributed by atoms with Gasteiger partial charge >= 0.3 is 0 Å². The Balaban J connectivity index is 1.31. The van der Waals surface area contributed by atoms with Crippen LogP contribution in [0.25, 0.3) is 17.2 Å². The highest BCUT2D eigenvalue weighted by molar-refractivity contribution is 7.01. The number of hydrogen-bond donors (Lipinski definition) is 0. The van der Waals surface area contributed by atoms with E-state index in [9.17, 15) is 0 Å². The SMILES string of the molecule is Cc1ccc2c(c1)-c1cccc3c1B2c1ccc(C)cc1N3c1cc2c3c(c1)CC=C1C=CC=C(C=C2)C13. The smallest absolute Gasteiger partial charge is 0.248 e. The molecule has 0 spiro atoms. The number of rotatable bonds is 1. The van der Waals surface area contributed by atoms with Crippen molar-refractivity contribution in [1.82, 2.24) is 0 Å². The third-order valence-corrected chi connectivity index (χ3v) is 9.25. The molecule has 0 fully saturated rings. The van der Waals surface area contributed by atoms with Gasteiger partial charge in [0, 0.05) is 23.0 Å². The first-order valence-corrected chi connectivity index (χ1v) is 13.7. The summed E-state index contributed by atoms with van der Waals surface area (Å²) < 4.78 is 0. The summed E-state index contributed by atoms with van der Waals surface area (Å²) in [6, 6.07) is 25.9. The van der Waals surface area contributed by atoms with Crippen LogP contribution < -0.4 is 21.3 Å². The zero-order valence-corrected chi connectivity index (χ0v) is 21.6. The number of nitrogens with zero attached hydrogens (tertiary/aromatic N) is 1. The van der Waals surface area contributed by atoms with E-state index in [2.05, 4.69) is 122 Å². The average molecular weight is 483 g/mol. The first-order valence-electron chi connectivity index (χ1n) is 13.7. The third kappa shape index (κ3) is 2.58. The maximum absolute atomic E-state index is 2.55. The lowest BCUT2D eigenvalue weighted by molar-refractivity contribution is 0.892. The normalized spacial score (nSPS) is 18.4. The third-order valence-electron chi connectivity index (χ3n) is 9.25. The van der Waals surface area contributed by atoms with Crippen LogP contribution in [-0.2, 0) is 6.42 Å². The number of fused-ring (bicyclic) bond motifs is 5. The van der Waals surface area contributed by atoms with Crippen molar-refractivity contribution in [1.29, 1.82) is 0 Å². The van der Waals surface area contributed by atoms with Crippen LogP contribution in [0.5, 0.6) is 0 Å². The highest BCUT2D eigenvalue weighted by Gasteiger charge is 2.42. The molecule has 1 nitrogen and oxygen atoms in total. The monoisotopic (exact) mass is 483 g/mol. The van der Waals surface area contributed by atoms with E-state index in [1.165, 1.54) is 83.5 Å². The molecule has 2 heteroatoms. The van der Waals surface area contributed by atoms with E-state index < -0.39 is 0 Å². The summed E-state index contributed by atoms with van der Waals surface area (Å²) in [6.45, 7) is 4.70. The Hall–Kier alpha value is -4.30. The molecule has 0 saturated heterocycles. The Morgan fingerprint density at radius 1 is 0.763 bits per heavy atom. The van der Waals surface area contributed by atoms with Crippen molar-refractivity contribution in [2.75, 3.05) is 4.90 Å². The highest BCUT2D eigenvalue weighted by atomic mass is 15.2. The Morgan fingerprint density at radius 3 is 2.55 bits per heavy atom. The first kappa shape index (κ1) is 20.7. The molecular weight excluding hydrogens is 457 g/mol. The second-order valence-corrected chi connectivity index (χ2v) is 11.5. The van der Waals surface area contributed by atoms with Crippen molar-refractivity contribution in [3.05, 3.63) is 136 Å². The van der Waals surface area contributed by atoms with Gasteiger partial charge in [-0.1, -0.05) is 89.9 Å². The zero-order valence-electron chi connectivity index (χ0n) is 21.6. The Kier molecular flexibility index (Phi) is 3.91. The van der Waals surface area contributed by atoms with Crippen LogP contribution >= 0.6 is 0 Å². The standard InChI is InChI=1S/C36H26BN/c1-21-9-15-30-29(17-21)28-7-4-8-32-36(28)37(30)31-16-10-22(2)18-33(31)38(32)27-19-25-13-11-23-5-3-6-24-12-14-26(20-27)35(25)34(23)24/h3-13,15-20,34H,14H2,1-2H3. The van der Waals surface area contributed by atoms with Crippen LogP contribution in [0, 0.1) is 13.8 Å². The molecule has 0 saturated carbocycles. The molecule has 5 aliphatic rings. The Bertz CT molecular complexity index is 1880. The summed E-state index contributed by atoms with van der Waals surface area (Å²) in [5, 5.41) is 0. The van der Waals surface area contributed by atoms with Gasteiger partial charge in [0.15, 0.2) is 0 Å². The van der Waals surface area contributed by atoms with E-state index in [1.807, 2.05) is 0 Å². The summed E-state index contributed by atoms with van der Waals surface area (Å²) in [6.07, 6.45) is 14.9. The quantitative estimate of drug-likeness (QED) is 0.236. The Morgan fingerprint density at radius 2 is 1.63 bits per heavy atom. The van der Waals surface area contributed by atoms with Crippen LogP contribution in [0.2, 0.25) is 0 Å². The van der Waals surface area contributed by atoms with Gasteiger partial charge in [-0.05, 0) is 100.0 Å². The number of anilines is 3. The topological polar surface area (TPSA) is 3.24 Å². The molecule has 1 unspecified atom stereocenters. The van der Waals surface area contributed by atoms with Crippen LogP contribution in [0.15, 0.2) is 108 Å². The maximum atomic E-state index is 2.55. The van der Waals surface area contributed by atoms with Gasteiger partial charge in [-0.15, -0.1) is 0 Å². The molecule has 38 heavy (non-hydrogen) atoms. The lowest BCUT2D eigenvalue weighted by Gasteiger charge is -2.38. The van der Waals surface area contributed by atoms with E-state index in [-0.39, 0.29) is 6.71 Å². The maximum Gasteiger partial charge on any atom is 0.248 e. The average Bonchev–Trinajstić information content (AvgIpc) is 3.26. The van der Waals surface area contributed by atoms with E-state index in [4.69, 9.17) is 0 Å². The largest absolute Gasteiger partial charge is 0.311 e. The highest BCUT2D eigenvalue weighted by Crippen LogP contribution is 2.49. The molecule has 0 N–H and O–H groups in total. The van der Waals surface area contributed by atoms with E-state index >= 15 is 0 Å². The van der Waals surface area contributed by atoms with Gasteiger partial charge in [0.05, 0.1) is 0 Å².